The van der Waals surface area contributed by atoms with Crippen LogP contribution >= 0.6 is 0 Å². The molecule has 0 aromatic heterocycles. The lowest BCUT2D eigenvalue weighted by Gasteiger charge is -2.28. The minimum Gasteiger partial charge on any atom is -0.371 e. The van der Waals surface area contributed by atoms with E-state index in [0.717, 1.165) is 18.5 Å². The van der Waals surface area contributed by atoms with Gasteiger partial charge < -0.3 is 11.1 Å². The molecule has 1 unspecified atom stereocenters. The van der Waals surface area contributed by atoms with Crippen LogP contribution in [-0.4, -0.2) is 11.4 Å². The van der Waals surface area contributed by atoms with Crippen molar-refractivity contribution in [1.82, 2.24) is 0 Å². The lowest BCUT2D eigenvalue weighted by Crippen LogP contribution is -2.49. The highest BCUT2D eigenvalue weighted by molar-refractivity contribution is 5.88. The number of anilines is 1. The van der Waals surface area contributed by atoms with E-state index in [1.165, 1.54) is 5.56 Å². The Labute approximate surface area is 96.0 Å². The van der Waals surface area contributed by atoms with Gasteiger partial charge in [0.25, 0.3) is 0 Å². The summed E-state index contributed by atoms with van der Waals surface area (Å²) in [7, 11) is 0. The molecule has 0 bridgehead atoms. The van der Waals surface area contributed by atoms with Crippen molar-refractivity contribution in [2.45, 2.75) is 32.2 Å². The van der Waals surface area contributed by atoms with Gasteiger partial charge >= 0.3 is 0 Å². The third kappa shape index (κ3) is 2.03. The van der Waals surface area contributed by atoms with Crippen LogP contribution in [0.3, 0.4) is 0 Å². The number of carbonyl (C=O) groups excluding carboxylic acids is 1. The van der Waals surface area contributed by atoms with Gasteiger partial charge in [-0.3, -0.25) is 4.79 Å². The number of amides is 1. The number of nitrogens with one attached hydrogen (secondary N) is 1. The second-order valence-corrected chi connectivity index (χ2v) is 4.83. The number of carbonyl (C=O) groups is 1. The fraction of sp³-hybridized carbons (Fsp3) is 0.462. The van der Waals surface area contributed by atoms with Crippen LogP contribution in [-0.2, 0) is 4.79 Å². The highest BCUT2D eigenvalue weighted by atomic mass is 16.1. The molecule has 0 heterocycles. The Morgan fingerprint density at radius 3 is 2.38 bits per heavy atom. The summed E-state index contributed by atoms with van der Waals surface area (Å²) in [6.45, 7) is 3.94. The molecule has 1 aliphatic rings. The highest BCUT2D eigenvalue weighted by Gasteiger charge is 2.46. The number of nitrogens with two attached hydrogens (primary N) is 1. The minimum absolute atomic E-state index is 0.268. The Morgan fingerprint density at radius 1 is 1.38 bits per heavy atom. The third-order valence-corrected chi connectivity index (χ3v) is 3.36. The quantitative estimate of drug-likeness (QED) is 0.812. The van der Waals surface area contributed by atoms with Crippen molar-refractivity contribution >= 4 is 11.6 Å². The molecule has 2 rings (SSSR count). The molecule has 1 aromatic rings. The molecule has 0 saturated heterocycles. The maximum Gasteiger partial charge on any atom is 0.243 e. The van der Waals surface area contributed by atoms with Gasteiger partial charge in [-0.15, -0.1) is 0 Å². The first-order valence-corrected chi connectivity index (χ1v) is 5.67. The number of hydrogen-bond acceptors (Lipinski definition) is 2. The molecular formula is C13H18N2O. The number of rotatable bonds is 4. The Balaban J connectivity index is 2.17. The van der Waals surface area contributed by atoms with E-state index in [9.17, 15) is 4.79 Å². The first-order valence-electron chi connectivity index (χ1n) is 5.67. The molecular weight excluding hydrogens is 200 g/mol. The molecule has 3 N–H and O–H groups in total. The van der Waals surface area contributed by atoms with Gasteiger partial charge in [0.1, 0.15) is 5.54 Å². The summed E-state index contributed by atoms with van der Waals surface area (Å²) in [5, 5.41) is 3.27. The van der Waals surface area contributed by atoms with E-state index in [4.69, 9.17) is 5.73 Å². The molecule has 1 aliphatic carbocycles. The zero-order valence-electron chi connectivity index (χ0n) is 9.79. The average Bonchev–Trinajstić information content (AvgIpc) is 3.04. The van der Waals surface area contributed by atoms with Crippen LogP contribution in [0.5, 0.6) is 0 Å². The van der Waals surface area contributed by atoms with Crippen molar-refractivity contribution in [1.29, 1.82) is 0 Å². The summed E-state index contributed by atoms with van der Waals surface area (Å²) in [6.07, 6.45) is 2.16. The summed E-state index contributed by atoms with van der Waals surface area (Å²) in [5.74, 6) is 0.113. The van der Waals surface area contributed by atoms with E-state index in [0.29, 0.717) is 5.92 Å². The van der Waals surface area contributed by atoms with E-state index < -0.39 is 5.54 Å². The SMILES string of the molecule is Cc1ccc(NC(C)(C(N)=O)C2CC2)cc1. The van der Waals surface area contributed by atoms with E-state index in [-0.39, 0.29) is 5.91 Å². The summed E-state index contributed by atoms with van der Waals surface area (Å²) >= 11 is 0. The molecule has 1 atom stereocenters. The van der Waals surface area contributed by atoms with E-state index in [1.807, 2.05) is 38.1 Å². The van der Waals surface area contributed by atoms with Crippen LogP contribution in [0.25, 0.3) is 0 Å². The molecule has 1 amide bonds. The van der Waals surface area contributed by atoms with Gasteiger partial charge in [-0.25, -0.2) is 0 Å². The van der Waals surface area contributed by atoms with Gasteiger partial charge in [-0.05, 0) is 44.7 Å². The van der Waals surface area contributed by atoms with Crippen molar-refractivity contribution < 1.29 is 4.79 Å². The predicted octanol–water partition coefficient (Wildman–Crippen LogP) is 2.06. The molecule has 1 saturated carbocycles. The Bertz CT molecular complexity index is 395. The van der Waals surface area contributed by atoms with E-state index in [1.54, 1.807) is 0 Å². The van der Waals surface area contributed by atoms with Crippen molar-refractivity contribution in [2.24, 2.45) is 11.7 Å². The smallest absolute Gasteiger partial charge is 0.243 e. The Kier molecular flexibility index (Phi) is 2.62. The number of benzene rings is 1. The molecule has 16 heavy (non-hydrogen) atoms. The van der Waals surface area contributed by atoms with Crippen LogP contribution in [0.1, 0.15) is 25.3 Å². The van der Waals surface area contributed by atoms with Gasteiger partial charge in [0, 0.05) is 5.69 Å². The summed E-state index contributed by atoms with van der Waals surface area (Å²) in [6, 6.07) is 8.02. The topological polar surface area (TPSA) is 55.1 Å². The highest BCUT2D eigenvalue weighted by Crippen LogP contribution is 2.41. The number of primary amides is 1. The van der Waals surface area contributed by atoms with Crippen LogP contribution in [0.2, 0.25) is 0 Å². The summed E-state index contributed by atoms with van der Waals surface area (Å²) in [5.41, 5.74) is 7.05. The molecule has 1 fully saturated rings. The fourth-order valence-corrected chi connectivity index (χ4v) is 1.96. The van der Waals surface area contributed by atoms with Crippen LogP contribution in [0.15, 0.2) is 24.3 Å². The predicted molar refractivity (Wildman–Crippen MR) is 65.1 cm³/mol. The molecule has 1 aromatic carbocycles. The van der Waals surface area contributed by atoms with Gasteiger partial charge in [0.05, 0.1) is 0 Å². The summed E-state index contributed by atoms with van der Waals surface area (Å²) < 4.78 is 0. The monoisotopic (exact) mass is 218 g/mol. The molecule has 0 spiro atoms. The maximum atomic E-state index is 11.5. The van der Waals surface area contributed by atoms with E-state index >= 15 is 0 Å². The second kappa shape index (κ2) is 3.81. The van der Waals surface area contributed by atoms with Crippen molar-refractivity contribution in [2.75, 3.05) is 5.32 Å². The van der Waals surface area contributed by atoms with Gasteiger partial charge in [0.15, 0.2) is 0 Å². The van der Waals surface area contributed by atoms with Crippen LogP contribution in [0, 0.1) is 12.8 Å². The fourth-order valence-electron chi connectivity index (χ4n) is 1.96. The van der Waals surface area contributed by atoms with Crippen LogP contribution in [0.4, 0.5) is 5.69 Å². The second-order valence-electron chi connectivity index (χ2n) is 4.83. The van der Waals surface area contributed by atoms with Crippen LogP contribution < -0.4 is 11.1 Å². The third-order valence-electron chi connectivity index (χ3n) is 3.36. The molecule has 0 aliphatic heterocycles. The average molecular weight is 218 g/mol. The number of hydrogen-bond donors (Lipinski definition) is 2. The normalized spacial score (nSPS) is 18.9. The minimum atomic E-state index is -0.602. The maximum absolute atomic E-state index is 11.5. The van der Waals surface area contributed by atoms with Crippen molar-refractivity contribution in [3.05, 3.63) is 29.8 Å². The number of aryl methyl sites for hydroxylation is 1. The van der Waals surface area contributed by atoms with Gasteiger partial charge in [-0.1, -0.05) is 17.7 Å². The van der Waals surface area contributed by atoms with E-state index in [2.05, 4.69) is 5.32 Å². The first-order chi connectivity index (χ1) is 7.52. The van der Waals surface area contributed by atoms with Crippen molar-refractivity contribution in [3.63, 3.8) is 0 Å². The molecule has 3 nitrogen and oxygen atoms in total. The Hall–Kier alpha value is -1.51. The molecule has 86 valence electrons. The van der Waals surface area contributed by atoms with Gasteiger partial charge in [0.2, 0.25) is 5.91 Å². The van der Waals surface area contributed by atoms with Gasteiger partial charge in [-0.2, -0.15) is 0 Å². The van der Waals surface area contributed by atoms with Crippen molar-refractivity contribution in [3.8, 4) is 0 Å². The Morgan fingerprint density at radius 2 is 1.94 bits per heavy atom. The lowest BCUT2D eigenvalue weighted by atomic mass is 9.94. The molecule has 0 radical (unpaired) electrons. The zero-order valence-corrected chi connectivity index (χ0v) is 9.79. The molecule has 3 heteroatoms. The zero-order chi connectivity index (χ0) is 11.8. The lowest BCUT2D eigenvalue weighted by molar-refractivity contribution is -0.122. The largest absolute Gasteiger partial charge is 0.371 e. The standard InChI is InChI=1S/C13H18N2O/c1-9-3-7-11(8-4-9)15-13(2,12(14)16)10-5-6-10/h3-4,7-8,10,15H,5-6H2,1-2H3,(H2,14,16). The summed E-state index contributed by atoms with van der Waals surface area (Å²) in [4.78, 5) is 11.5. The first kappa shape index (κ1) is 11.0.